The van der Waals surface area contributed by atoms with Crippen LogP contribution in [0, 0.1) is 27.7 Å². The minimum atomic E-state index is -0.327. The van der Waals surface area contributed by atoms with Gasteiger partial charge in [0.1, 0.15) is 58.7 Å². The zero-order valence-corrected chi connectivity index (χ0v) is 76.5. The van der Waals surface area contributed by atoms with Gasteiger partial charge in [0.15, 0.2) is 0 Å². The molecule has 4 fully saturated rings. The van der Waals surface area contributed by atoms with E-state index >= 15 is 0 Å². The maximum atomic E-state index is 13.0. The Labute approximate surface area is 759 Å². The van der Waals surface area contributed by atoms with Crippen molar-refractivity contribution in [2.45, 2.75) is 120 Å². The Kier molecular flexibility index (Phi) is 27.3. The molecule has 0 bridgehead atoms. The molecule has 0 aromatic carbocycles. The van der Waals surface area contributed by atoms with Crippen molar-refractivity contribution in [3.63, 3.8) is 0 Å². The van der Waals surface area contributed by atoms with E-state index in [4.69, 9.17) is 19.9 Å². The van der Waals surface area contributed by atoms with E-state index in [0.717, 1.165) is 221 Å². The van der Waals surface area contributed by atoms with Crippen molar-refractivity contribution in [2.75, 3.05) is 164 Å². The number of anilines is 4. The number of pyridine rings is 4. The monoisotopic (exact) mass is 1800 g/mol. The van der Waals surface area contributed by atoms with E-state index in [-0.39, 0.29) is 55.0 Å². The van der Waals surface area contributed by atoms with Crippen molar-refractivity contribution in [2.24, 2.45) is 0 Å². The van der Waals surface area contributed by atoms with Gasteiger partial charge in [-0.05, 0) is 153 Å². The number of alkyl halides is 4. The molecule has 16 aromatic heterocycles. The van der Waals surface area contributed by atoms with Crippen LogP contribution in [0.4, 0.5) is 40.3 Å². The van der Waals surface area contributed by atoms with Gasteiger partial charge in [-0.3, -0.25) is 85.1 Å². The molecule has 0 aliphatic carbocycles. The highest BCUT2D eigenvalue weighted by atomic mass is 19.1. The fourth-order valence-electron chi connectivity index (χ4n) is 18.3. The molecule has 32 nitrogen and oxygen atoms in total. The van der Waals surface area contributed by atoms with Gasteiger partial charge in [-0.25, -0.2) is 46.8 Å². The molecule has 0 unspecified atom stereocenters. The van der Waals surface area contributed by atoms with Gasteiger partial charge >= 0.3 is 0 Å². The van der Waals surface area contributed by atoms with Gasteiger partial charge in [0.25, 0.3) is 22.2 Å². The van der Waals surface area contributed by atoms with Gasteiger partial charge in [-0.15, -0.1) is 0 Å². The Morgan fingerprint density at radius 3 is 0.848 bits per heavy atom. The smallest absolute Gasteiger partial charge is 0.258 e. The number of aromatic nitrogens is 20. The number of rotatable bonds is 22. The Morgan fingerprint density at radius 1 is 0.295 bits per heavy atom. The van der Waals surface area contributed by atoms with Gasteiger partial charge in [0.05, 0.1) is 151 Å². The van der Waals surface area contributed by atoms with Crippen molar-refractivity contribution in [1.29, 1.82) is 0 Å². The zero-order chi connectivity index (χ0) is 92.1. The summed E-state index contributed by atoms with van der Waals surface area (Å²) in [4.78, 5) is 107. The van der Waals surface area contributed by atoms with E-state index in [1.54, 1.807) is 29.7 Å². The summed E-state index contributed by atoms with van der Waals surface area (Å²) in [5.41, 5.74) is 21.7. The third-order valence-electron chi connectivity index (χ3n) is 25.3. The number of hydrogen-bond acceptors (Lipinski definition) is 24. The number of fused-ring (bicyclic) bond motifs is 8. The second-order valence-corrected chi connectivity index (χ2v) is 34.3. The standard InChI is InChI=1S/C25H30FN7O.2C24H28FN7O.C23H26FN7O/c1-4-20-23-12-22(29-33(23)14-17(2)27-20)21-13-25(34)32-16-19(6-7-24(32)28-21)31-11-10-30(9-5-8-26)18(3)15-31;1-4-19-22-11-21(28-32(22)13-16(2)26-19)20-12-24(33)31-15-18(5-6-23(31)27-20)30-10-9-29(8-7-25)17(3)14-30;1-3-19-22-13-21(28-32(22)15-17(2)26-19)20-14-24(33)31-16-18(5-6-23(31)27-20)30-11-9-29(10-12-30)8-4-7-25;1-3-18-21-12-20(27-31(21)14-16(2)25-18)19-13-23(32)30-15-17(4-5-22(30)26-19)29-10-8-28(7-6-24)9-11-29/h6-7,12-14,16,18H,4-5,8-11,15H2,1-3H3;5-6,11-13,15,17H,4,7-10,14H2,1-3H3;5-6,13-16H,3-4,7-12H2,1-2H3;4-5,12-15H,3,6-11H2,1-2H3/t18-;17-;;/m11../s1. The van der Waals surface area contributed by atoms with E-state index in [2.05, 4.69) is 121 Å². The van der Waals surface area contributed by atoms with E-state index in [9.17, 15) is 36.7 Å². The Bertz CT molecular complexity index is 7150. The normalized spacial score (nSPS) is 16.2. The van der Waals surface area contributed by atoms with Crippen LogP contribution in [0.3, 0.4) is 0 Å². The van der Waals surface area contributed by atoms with E-state index in [0.29, 0.717) is 100 Å². The first kappa shape index (κ1) is 90.6. The molecule has 4 saturated heterocycles. The molecule has 0 radical (unpaired) electrons. The van der Waals surface area contributed by atoms with Crippen LogP contribution < -0.4 is 41.8 Å². The first-order chi connectivity index (χ1) is 64.0. The number of halogens is 4. The molecule has 0 amide bonds. The summed E-state index contributed by atoms with van der Waals surface area (Å²) >= 11 is 0. The Morgan fingerprint density at radius 2 is 0.568 bits per heavy atom. The predicted molar refractivity (Wildman–Crippen MR) is 507 cm³/mol. The van der Waals surface area contributed by atoms with Crippen LogP contribution in [0.5, 0.6) is 0 Å². The average Bonchev–Trinajstić information content (AvgIpc) is 1.34. The summed E-state index contributed by atoms with van der Waals surface area (Å²) in [5, 5.41) is 18.6. The molecule has 36 heteroatoms. The molecular formula is C96H112F4N28O4. The summed E-state index contributed by atoms with van der Waals surface area (Å²) < 4.78 is 63.9. The lowest BCUT2D eigenvalue weighted by Gasteiger charge is -2.41. The van der Waals surface area contributed by atoms with Crippen molar-refractivity contribution < 1.29 is 17.6 Å². The number of hydrogen-bond donors (Lipinski definition) is 0. The molecule has 0 N–H and O–H groups in total. The largest absolute Gasteiger partial charge is 0.368 e. The fourth-order valence-corrected chi connectivity index (χ4v) is 18.3. The second kappa shape index (κ2) is 39.8. The SMILES string of the molecule is CCc1nc(C)cn2nc(-c3cc(=O)n4cc(N5CCN(CCCF)CC5)ccc4n3)cc12.CCc1nc(C)cn2nc(-c3cc(=O)n4cc(N5CCN(CCCF)[C@H](C)C5)ccc4n3)cc12.CCc1nc(C)cn2nc(-c3cc(=O)n4cc(N5CCN(CCF)CC5)ccc4n3)cc12.CCc1nc(C)cn2nc(-c3cc(=O)n4cc(N5CCN(CCF)[C@H](C)C5)ccc4n3)cc12. The third-order valence-corrected chi connectivity index (χ3v) is 25.3. The van der Waals surface area contributed by atoms with Gasteiger partial charge in [-0.1, -0.05) is 27.7 Å². The topological polar surface area (TPSA) is 284 Å². The molecule has 4 aliphatic heterocycles. The lowest BCUT2D eigenvalue weighted by Crippen LogP contribution is -2.52. The molecular weight excluding hydrogens is 1690 g/mol. The zero-order valence-electron chi connectivity index (χ0n) is 76.5. The van der Waals surface area contributed by atoms with Crippen LogP contribution in [-0.4, -0.2) is 272 Å². The fraction of sp³-hybridized carbons (Fsp3) is 0.417. The van der Waals surface area contributed by atoms with Crippen LogP contribution in [0.25, 0.3) is 90.2 Å². The summed E-state index contributed by atoms with van der Waals surface area (Å²) in [5.74, 6) is 0. The summed E-state index contributed by atoms with van der Waals surface area (Å²) in [6, 6.07) is 30.0. The number of aryl methyl sites for hydroxylation is 8. The van der Waals surface area contributed by atoms with E-state index < -0.39 is 0 Å². The summed E-state index contributed by atoms with van der Waals surface area (Å²) in [7, 11) is 0. The first-order valence-electron chi connectivity index (χ1n) is 45.8. The average molecular weight is 1800 g/mol. The van der Waals surface area contributed by atoms with Crippen molar-refractivity contribution in [3.05, 3.63) is 234 Å². The highest BCUT2D eigenvalue weighted by Crippen LogP contribution is 2.30. The third kappa shape index (κ3) is 19.5. The molecule has 2 atom stereocenters. The van der Waals surface area contributed by atoms with Gasteiger partial charge in [-0.2, -0.15) is 20.4 Å². The van der Waals surface area contributed by atoms with Gasteiger partial charge in [0, 0.05) is 179 Å². The molecule has 0 spiro atoms. The van der Waals surface area contributed by atoms with Crippen LogP contribution in [0.15, 0.2) is 166 Å². The maximum absolute atomic E-state index is 13.0. The molecule has 132 heavy (non-hydrogen) atoms. The summed E-state index contributed by atoms with van der Waals surface area (Å²) in [6.45, 7) is 33.4. The molecule has 20 rings (SSSR count). The van der Waals surface area contributed by atoms with E-state index in [1.807, 2.05) is 168 Å². The molecule has 688 valence electrons. The van der Waals surface area contributed by atoms with Crippen LogP contribution >= 0.6 is 0 Å². The Hall–Kier alpha value is -13.3. The quantitative estimate of drug-likeness (QED) is 0.0570. The minimum Gasteiger partial charge on any atom is -0.368 e. The van der Waals surface area contributed by atoms with Gasteiger partial charge in [0.2, 0.25) is 0 Å². The highest BCUT2D eigenvalue weighted by molar-refractivity contribution is 5.72. The first-order valence-corrected chi connectivity index (χ1v) is 45.8. The highest BCUT2D eigenvalue weighted by Gasteiger charge is 2.29. The van der Waals surface area contributed by atoms with Crippen molar-refractivity contribution >= 4 is 67.4 Å². The molecule has 4 aliphatic rings. The van der Waals surface area contributed by atoms with Crippen LogP contribution in [0.1, 0.15) is 99.9 Å². The molecule has 20 heterocycles. The number of piperazine rings is 4. The maximum Gasteiger partial charge on any atom is 0.258 e. The van der Waals surface area contributed by atoms with Crippen molar-refractivity contribution in [1.82, 2.24) is 116 Å². The lowest BCUT2D eigenvalue weighted by molar-refractivity contribution is 0.175. The molecule has 0 saturated carbocycles. The second-order valence-electron chi connectivity index (χ2n) is 34.3. The Balaban J connectivity index is 0.000000123. The van der Waals surface area contributed by atoms with E-state index in [1.165, 1.54) is 12.1 Å². The van der Waals surface area contributed by atoms with Gasteiger partial charge < -0.3 is 19.6 Å². The summed E-state index contributed by atoms with van der Waals surface area (Å²) in [6.07, 6.45) is 19.3. The van der Waals surface area contributed by atoms with Crippen LogP contribution in [0.2, 0.25) is 0 Å². The number of nitrogens with zero attached hydrogens (tertiary/aromatic N) is 28. The van der Waals surface area contributed by atoms with Crippen molar-refractivity contribution in [3.8, 4) is 45.6 Å². The lowest BCUT2D eigenvalue weighted by atomic mass is 10.1. The predicted octanol–water partition coefficient (Wildman–Crippen LogP) is 11.0. The van der Waals surface area contributed by atoms with Crippen LogP contribution in [-0.2, 0) is 25.7 Å². The minimum absolute atomic E-state index is 0.138. The molecule has 16 aromatic rings.